The molecule has 7 nitrogen and oxygen atoms in total. The Morgan fingerprint density at radius 1 is 1.12 bits per heavy atom. The lowest BCUT2D eigenvalue weighted by Gasteiger charge is -2.29. The van der Waals surface area contributed by atoms with Crippen LogP contribution in [0, 0.1) is 5.41 Å². The first-order valence-corrected chi connectivity index (χ1v) is 11.5. The molecular formula is C26H34N4O3. The van der Waals surface area contributed by atoms with Crippen LogP contribution in [0.25, 0.3) is 22.3 Å². The monoisotopic (exact) mass is 450 g/mol. The van der Waals surface area contributed by atoms with Gasteiger partial charge in [-0.1, -0.05) is 13.8 Å². The molecule has 1 aliphatic carbocycles. The number of nitrogens with zero attached hydrogens (tertiary/aromatic N) is 1. The van der Waals surface area contributed by atoms with Crippen LogP contribution in [0.5, 0.6) is 0 Å². The van der Waals surface area contributed by atoms with Gasteiger partial charge in [0.15, 0.2) is 0 Å². The third kappa shape index (κ3) is 4.82. The molecule has 0 saturated heterocycles. The molecule has 33 heavy (non-hydrogen) atoms. The van der Waals surface area contributed by atoms with Gasteiger partial charge < -0.3 is 15.0 Å². The quantitative estimate of drug-likeness (QED) is 0.491. The first-order valence-electron chi connectivity index (χ1n) is 11.5. The van der Waals surface area contributed by atoms with E-state index in [-0.39, 0.29) is 11.3 Å². The number of esters is 1. The molecule has 1 aliphatic rings. The number of hydrogen-bond acceptors (Lipinski definition) is 4. The number of carbonyl (C=O) groups is 2. The maximum absolute atomic E-state index is 12.9. The number of fused-ring (bicyclic) bond motifs is 2. The zero-order valence-electron chi connectivity index (χ0n) is 20.6. The van der Waals surface area contributed by atoms with Gasteiger partial charge in [-0.25, -0.2) is 4.79 Å². The van der Waals surface area contributed by atoms with Gasteiger partial charge in [0.1, 0.15) is 16.8 Å². The number of aromatic amines is 2. The number of amides is 1. The number of benzene rings is 1. The summed E-state index contributed by atoms with van der Waals surface area (Å²) in [7, 11) is 0. The highest BCUT2D eigenvalue weighted by Crippen LogP contribution is 2.38. The molecule has 2 aromatic heterocycles. The van der Waals surface area contributed by atoms with Gasteiger partial charge in [0.05, 0.1) is 5.69 Å². The Labute approximate surface area is 194 Å². The van der Waals surface area contributed by atoms with Gasteiger partial charge in [0.2, 0.25) is 0 Å². The largest absolute Gasteiger partial charge is 0.458 e. The van der Waals surface area contributed by atoms with Crippen LogP contribution in [0.15, 0.2) is 24.3 Å². The minimum atomic E-state index is -1.15. The topological polar surface area (TPSA) is 99.9 Å². The van der Waals surface area contributed by atoms with Crippen molar-refractivity contribution in [2.24, 2.45) is 5.41 Å². The van der Waals surface area contributed by atoms with Crippen molar-refractivity contribution in [1.82, 2.24) is 20.5 Å². The van der Waals surface area contributed by atoms with Crippen molar-refractivity contribution in [2.75, 3.05) is 0 Å². The van der Waals surface area contributed by atoms with E-state index in [1.807, 2.05) is 18.2 Å². The van der Waals surface area contributed by atoms with Crippen molar-refractivity contribution in [2.45, 2.75) is 78.9 Å². The lowest BCUT2D eigenvalue weighted by molar-refractivity contribution is -0.161. The van der Waals surface area contributed by atoms with E-state index in [0.29, 0.717) is 5.56 Å². The standard InChI is InChI=1S/C26H34N4O3/c1-24(2,3)33-23(32)26(6,7)28-22(31)15-8-9-18-16(12-15)13-19(27-18)21-17-10-11-25(4,5)14-20(17)29-30-21/h8-9,12-13,27H,10-11,14H2,1-7H3,(H,28,31)(H,29,30). The zero-order valence-corrected chi connectivity index (χ0v) is 20.6. The van der Waals surface area contributed by atoms with Gasteiger partial charge in [-0.2, -0.15) is 5.10 Å². The smallest absolute Gasteiger partial charge is 0.331 e. The van der Waals surface area contributed by atoms with E-state index in [2.05, 4.69) is 34.3 Å². The molecule has 1 amide bonds. The molecule has 0 aliphatic heterocycles. The van der Waals surface area contributed by atoms with Gasteiger partial charge in [-0.15, -0.1) is 0 Å². The first kappa shape index (κ1) is 23.1. The third-order valence-corrected chi connectivity index (χ3v) is 6.13. The van der Waals surface area contributed by atoms with Gasteiger partial charge in [-0.05, 0) is 83.6 Å². The second kappa shape index (κ2) is 7.75. The van der Waals surface area contributed by atoms with E-state index in [0.717, 1.165) is 41.6 Å². The molecule has 7 heteroatoms. The summed E-state index contributed by atoms with van der Waals surface area (Å²) < 4.78 is 5.44. The van der Waals surface area contributed by atoms with E-state index in [1.54, 1.807) is 40.7 Å². The second-order valence-corrected chi connectivity index (χ2v) is 11.4. The highest BCUT2D eigenvalue weighted by molar-refractivity contribution is 6.01. The Morgan fingerprint density at radius 2 is 1.85 bits per heavy atom. The number of carbonyl (C=O) groups excluding carboxylic acids is 2. The third-order valence-electron chi connectivity index (χ3n) is 6.13. The molecular weight excluding hydrogens is 416 g/mol. The predicted octanol–water partition coefficient (Wildman–Crippen LogP) is 4.92. The highest BCUT2D eigenvalue weighted by Gasteiger charge is 2.34. The van der Waals surface area contributed by atoms with E-state index in [9.17, 15) is 9.59 Å². The molecule has 0 atom stereocenters. The summed E-state index contributed by atoms with van der Waals surface area (Å²) in [5.74, 6) is -0.797. The van der Waals surface area contributed by atoms with Crippen LogP contribution in [0.4, 0.5) is 0 Å². The van der Waals surface area contributed by atoms with E-state index in [1.165, 1.54) is 11.3 Å². The molecule has 3 N–H and O–H groups in total. The number of ether oxygens (including phenoxy) is 1. The Hall–Kier alpha value is -3.09. The molecule has 0 radical (unpaired) electrons. The van der Waals surface area contributed by atoms with E-state index < -0.39 is 17.1 Å². The van der Waals surface area contributed by atoms with Crippen LogP contribution in [0.1, 0.15) is 76.5 Å². The van der Waals surface area contributed by atoms with Crippen LogP contribution in [-0.2, 0) is 22.4 Å². The van der Waals surface area contributed by atoms with Crippen LogP contribution < -0.4 is 5.32 Å². The Kier molecular flexibility index (Phi) is 5.42. The summed E-state index contributed by atoms with van der Waals surface area (Å²) in [6.45, 7) is 13.3. The SMILES string of the molecule is CC1(C)CCc2c(-c3cc4cc(C(=O)NC(C)(C)C(=O)OC(C)(C)C)ccc4[nH]3)n[nH]c2C1. The lowest BCUT2D eigenvalue weighted by Crippen LogP contribution is -2.52. The van der Waals surface area contributed by atoms with Crippen LogP contribution >= 0.6 is 0 Å². The Bertz CT molecular complexity index is 1220. The maximum Gasteiger partial charge on any atom is 0.331 e. The molecule has 2 heterocycles. The normalized spacial score (nSPS) is 15.8. The summed E-state index contributed by atoms with van der Waals surface area (Å²) in [5.41, 5.74) is 4.30. The molecule has 176 valence electrons. The highest BCUT2D eigenvalue weighted by atomic mass is 16.6. The molecule has 0 fully saturated rings. The second-order valence-electron chi connectivity index (χ2n) is 11.4. The van der Waals surface area contributed by atoms with Crippen molar-refractivity contribution in [3.63, 3.8) is 0 Å². The summed E-state index contributed by atoms with van der Waals surface area (Å²) in [4.78, 5) is 28.9. The van der Waals surface area contributed by atoms with Crippen LogP contribution in [-0.4, -0.2) is 38.2 Å². The van der Waals surface area contributed by atoms with Crippen molar-refractivity contribution >= 4 is 22.8 Å². The maximum atomic E-state index is 12.9. The number of H-pyrrole nitrogens is 2. The molecule has 3 aromatic rings. The van der Waals surface area contributed by atoms with Crippen molar-refractivity contribution in [3.8, 4) is 11.4 Å². The summed E-state index contributed by atoms with van der Waals surface area (Å²) >= 11 is 0. The molecule has 0 unspecified atom stereocenters. The average Bonchev–Trinajstić information content (AvgIpc) is 3.27. The molecule has 0 saturated carbocycles. The number of aromatic nitrogens is 3. The summed E-state index contributed by atoms with van der Waals surface area (Å²) in [6, 6.07) is 7.50. The average molecular weight is 451 g/mol. The number of rotatable bonds is 4. The Balaban J connectivity index is 1.56. The molecule has 0 spiro atoms. The molecule has 0 bridgehead atoms. The molecule has 1 aromatic carbocycles. The fourth-order valence-corrected chi connectivity index (χ4v) is 4.28. The van der Waals surface area contributed by atoms with Crippen molar-refractivity contribution in [3.05, 3.63) is 41.1 Å². The van der Waals surface area contributed by atoms with Gasteiger partial charge in [0.25, 0.3) is 5.91 Å². The predicted molar refractivity (Wildman–Crippen MR) is 129 cm³/mol. The summed E-state index contributed by atoms with van der Waals surface area (Å²) in [6.07, 6.45) is 3.12. The minimum Gasteiger partial charge on any atom is -0.458 e. The molecule has 4 rings (SSSR count). The number of nitrogens with one attached hydrogen (secondary N) is 3. The van der Waals surface area contributed by atoms with Crippen molar-refractivity contribution in [1.29, 1.82) is 0 Å². The van der Waals surface area contributed by atoms with Crippen LogP contribution in [0.2, 0.25) is 0 Å². The van der Waals surface area contributed by atoms with Crippen LogP contribution in [0.3, 0.4) is 0 Å². The number of hydrogen-bond donors (Lipinski definition) is 3. The first-order chi connectivity index (χ1) is 15.2. The summed E-state index contributed by atoms with van der Waals surface area (Å²) in [5, 5.41) is 11.5. The fourth-order valence-electron chi connectivity index (χ4n) is 4.28. The Morgan fingerprint density at radius 3 is 2.55 bits per heavy atom. The van der Waals surface area contributed by atoms with Gasteiger partial charge >= 0.3 is 5.97 Å². The fraction of sp³-hybridized carbons (Fsp3) is 0.500. The van der Waals surface area contributed by atoms with Gasteiger partial charge in [0, 0.05) is 27.7 Å². The zero-order chi connectivity index (χ0) is 24.2. The minimum absolute atomic E-state index is 0.284. The van der Waals surface area contributed by atoms with E-state index >= 15 is 0 Å². The van der Waals surface area contributed by atoms with Crippen molar-refractivity contribution < 1.29 is 14.3 Å². The lowest BCUT2D eigenvalue weighted by atomic mass is 9.76. The van der Waals surface area contributed by atoms with E-state index in [4.69, 9.17) is 4.74 Å². The van der Waals surface area contributed by atoms with Gasteiger partial charge in [-0.3, -0.25) is 9.89 Å².